The van der Waals surface area contributed by atoms with E-state index in [-0.39, 0.29) is 5.91 Å². The molecule has 0 atom stereocenters. The van der Waals surface area contributed by atoms with E-state index in [2.05, 4.69) is 15.5 Å². The van der Waals surface area contributed by atoms with Crippen molar-refractivity contribution in [3.8, 4) is 5.75 Å². The number of aromatic nitrogens is 2. The van der Waals surface area contributed by atoms with Gasteiger partial charge < -0.3 is 10.1 Å². The minimum absolute atomic E-state index is 0.270. The number of halogens is 1. The summed E-state index contributed by atoms with van der Waals surface area (Å²) >= 11 is 5.87. The van der Waals surface area contributed by atoms with Crippen LogP contribution in [0.25, 0.3) is 0 Å². The Morgan fingerprint density at radius 2 is 1.96 bits per heavy atom. The second-order valence-electron chi connectivity index (χ2n) is 5.30. The molecule has 2 N–H and O–H groups in total. The molecule has 0 bridgehead atoms. The molecule has 6 heteroatoms. The number of H-pyrrole nitrogens is 1. The van der Waals surface area contributed by atoms with Crippen LogP contribution in [-0.4, -0.2) is 16.1 Å². The lowest BCUT2D eigenvalue weighted by Crippen LogP contribution is -2.14. The molecular formula is C18H16ClN3O2. The molecule has 0 spiro atoms. The van der Waals surface area contributed by atoms with Crippen LogP contribution < -0.4 is 10.1 Å². The highest BCUT2D eigenvalue weighted by atomic mass is 35.5. The van der Waals surface area contributed by atoms with Gasteiger partial charge in [0.25, 0.3) is 5.91 Å². The summed E-state index contributed by atoms with van der Waals surface area (Å²) in [5.74, 6) is 0.718. The minimum Gasteiger partial charge on any atom is -0.488 e. The molecule has 0 fully saturated rings. The van der Waals surface area contributed by atoms with Crippen LogP contribution >= 0.6 is 11.6 Å². The summed E-state index contributed by atoms with van der Waals surface area (Å²) in [4.78, 5) is 12.4. The lowest BCUT2D eigenvalue weighted by atomic mass is 10.2. The van der Waals surface area contributed by atoms with Crippen LogP contribution in [-0.2, 0) is 6.61 Å². The number of amides is 1. The topological polar surface area (TPSA) is 67.0 Å². The van der Waals surface area contributed by atoms with Crippen molar-refractivity contribution >= 4 is 23.3 Å². The highest BCUT2D eigenvalue weighted by Crippen LogP contribution is 2.21. The second kappa shape index (κ2) is 7.19. The monoisotopic (exact) mass is 341 g/mol. The molecule has 0 aliphatic heterocycles. The van der Waals surface area contributed by atoms with Crippen molar-refractivity contribution in [2.24, 2.45) is 0 Å². The van der Waals surface area contributed by atoms with Gasteiger partial charge in [0, 0.05) is 16.8 Å². The molecule has 122 valence electrons. The Hall–Kier alpha value is -2.79. The predicted octanol–water partition coefficient (Wildman–Crippen LogP) is 4.20. The van der Waals surface area contributed by atoms with Crippen LogP contribution in [0.4, 0.5) is 5.82 Å². The van der Waals surface area contributed by atoms with E-state index in [1.165, 1.54) is 0 Å². The third-order valence-corrected chi connectivity index (χ3v) is 3.64. The number of ether oxygens (including phenoxy) is 1. The number of para-hydroxylation sites is 1. The van der Waals surface area contributed by atoms with E-state index in [0.717, 1.165) is 11.3 Å². The zero-order valence-electron chi connectivity index (χ0n) is 13.0. The van der Waals surface area contributed by atoms with Crippen LogP contribution in [0, 0.1) is 6.92 Å². The number of nitrogens with one attached hydrogen (secondary N) is 2. The number of rotatable bonds is 5. The van der Waals surface area contributed by atoms with Gasteiger partial charge >= 0.3 is 0 Å². The molecule has 0 aliphatic rings. The molecule has 0 aliphatic carbocycles. The van der Waals surface area contributed by atoms with Crippen molar-refractivity contribution in [1.29, 1.82) is 0 Å². The molecule has 0 saturated heterocycles. The van der Waals surface area contributed by atoms with Crippen molar-refractivity contribution in [3.05, 3.63) is 76.4 Å². The SMILES string of the molecule is Cc1cc(NC(=O)c2ccccc2OCc2ccc(Cl)cc2)n[nH]1. The number of hydrogen-bond acceptors (Lipinski definition) is 3. The van der Waals surface area contributed by atoms with Gasteiger partial charge in [-0.2, -0.15) is 5.10 Å². The van der Waals surface area contributed by atoms with Crippen LogP contribution in [0.15, 0.2) is 54.6 Å². The molecule has 2 aromatic carbocycles. The lowest BCUT2D eigenvalue weighted by Gasteiger charge is -2.11. The van der Waals surface area contributed by atoms with Crippen molar-refractivity contribution < 1.29 is 9.53 Å². The Kier molecular flexibility index (Phi) is 4.82. The summed E-state index contributed by atoms with van der Waals surface area (Å²) in [6.07, 6.45) is 0. The van der Waals surface area contributed by atoms with Gasteiger partial charge in [-0.25, -0.2) is 0 Å². The molecular weight excluding hydrogens is 326 g/mol. The summed E-state index contributed by atoms with van der Waals surface area (Å²) in [6.45, 7) is 2.22. The number of carbonyl (C=O) groups is 1. The first-order valence-corrected chi connectivity index (χ1v) is 7.79. The van der Waals surface area contributed by atoms with Gasteiger partial charge in [0.15, 0.2) is 5.82 Å². The van der Waals surface area contributed by atoms with E-state index in [4.69, 9.17) is 16.3 Å². The van der Waals surface area contributed by atoms with Crippen molar-refractivity contribution in [3.63, 3.8) is 0 Å². The van der Waals surface area contributed by atoms with Gasteiger partial charge in [0.1, 0.15) is 12.4 Å². The number of aromatic amines is 1. The van der Waals surface area contributed by atoms with Crippen LogP contribution in [0.2, 0.25) is 5.02 Å². The van der Waals surface area contributed by atoms with Gasteiger partial charge in [-0.15, -0.1) is 0 Å². The summed E-state index contributed by atoms with van der Waals surface area (Å²) < 4.78 is 5.79. The molecule has 0 unspecified atom stereocenters. The smallest absolute Gasteiger partial charge is 0.260 e. The first-order chi connectivity index (χ1) is 11.6. The average Bonchev–Trinajstić information content (AvgIpc) is 2.99. The summed E-state index contributed by atoms with van der Waals surface area (Å²) in [7, 11) is 0. The Balaban J connectivity index is 1.72. The van der Waals surface area contributed by atoms with E-state index in [9.17, 15) is 4.79 Å². The number of anilines is 1. The molecule has 5 nitrogen and oxygen atoms in total. The van der Waals surface area contributed by atoms with E-state index >= 15 is 0 Å². The molecule has 24 heavy (non-hydrogen) atoms. The maximum absolute atomic E-state index is 12.4. The summed E-state index contributed by atoms with van der Waals surface area (Å²) in [5, 5.41) is 10.2. The zero-order chi connectivity index (χ0) is 16.9. The van der Waals surface area contributed by atoms with Crippen LogP contribution in [0.5, 0.6) is 5.75 Å². The fraction of sp³-hybridized carbons (Fsp3) is 0.111. The van der Waals surface area contributed by atoms with Gasteiger partial charge in [0.05, 0.1) is 5.56 Å². The van der Waals surface area contributed by atoms with E-state index in [1.807, 2.05) is 25.1 Å². The Morgan fingerprint density at radius 3 is 2.67 bits per heavy atom. The Labute approximate surface area is 144 Å². The van der Waals surface area contributed by atoms with Gasteiger partial charge in [-0.3, -0.25) is 9.89 Å². The third-order valence-electron chi connectivity index (χ3n) is 3.39. The van der Waals surface area contributed by atoms with Gasteiger partial charge in [-0.05, 0) is 36.8 Å². The fourth-order valence-corrected chi connectivity index (χ4v) is 2.31. The highest BCUT2D eigenvalue weighted by molar-refractivity contribution is 6.30. The molecule has 0 saturated carbocycles. The Morgan fingerprint density at radius 1 is 1.21 bits per heavy atom. The maximum atomic E-state index is 12.4. The third kappa shape index (κ3) is 3.94. The molecule has 1 amide bonds. The summed E-state index contributed by atoms with van der Waals surface area (Å²) in [5.41, 5.74) is 2.29. The van der Waals surface area contributed by atoms with Crippen LogP contribution in [0.1, 0.15) is 21.6 Å². The quantitative estimate of drug-likeness (QED) is 0.730. The van der Waals surface area contributed by atoms with Crippen LogP contribution in [0.3, 0.4) is 0 Å². The number of benzene rings is 2. The maximum Gasteiger partial charge on any atom is 0.260 e. The molecule has 3 rings (SSSR count). The fourth-order valence-electron chi connectivity index (χ4n) is 2.19. The van der Waals surface area contributed by atoms with Gasteiger partial charge in [0.2, 0.25) is 0 Å². The minimum atomic E-state index is -0.270. The molecule has 3 aromatic rings. The average molecular weight is 342 g/mol. The zero-order valence-corrected chi connectivity index (χ0v) is 13.8. The molecule has 0 radical (unpaired) electrons. The lowest BCUT2D eigenvalue weighted by molar-refractivity contribution is 0.102. The number of hydrogen-bond donors (Lipinski definition) is 2. The largest absolute Gasteiger partial charge is 0.488 e. The van der Waals surface area contributed by atoms with Gasteiger partial charge in [-0.1, -0.05) is 35.9 Å². The predicted molar refractivity (Wildman–Crippen MR) is 93.5 cm³/mol. The number of nitrogens with zero attached hydrogens (tertiary/aromatic N) is 1. The highest BCUT2D eigenvalue weighted by Gasteiger charge is 2.13. The first-order valence-electron chi connectivity index (χ1n) is 7.41. The first kappa shape index (κ1) is 16.1. The molecule has 1 aromatic heterocycles. The van der Waals surface area contributed by atoms with E-state index in [0.29, 0.717) is 28.8 Å². The van der Waals surface area contributed by atoms with Crippen molar-refractivity contribution in [2.45, 2.75) is 13.5 Å². The van der Waals surface area contributed by atoms with Crippen molar-refractivity contribution in [1.82, 2.24) is 10.2 Å². The van der Waals surface area contributed by atoms with Crippen molar-refractivity contribution in [2.75, 3.05) is 5.32 Å². The second-order valence-corrected chi connectivity index (χ2v) is 5.74. The molecule has 1 heterocycles. The Bertz CT molecular complexity index is 843. The van der Waals surface area contributed by atoms with E-state index < -0.39 is 0 Å². The number of carbonyl (C=O) groups excluding carboxylic acids is 1. The number of aryl methyl sites for hydroxylation is 1. The summed E-state index contributed by atoms with van der Waals surface area (Å²) in [6, 6.07) is 16.2. The van der Waals surface area contributed by atoms with E-state index in [1.54, 1.807) is 36.4 Å². The standard InChI is InChI=1S/C18H16ClN3O2/c1-12-10-17(22-21-12)20-18(23)15-4-2-3-5-16(15)24-11-13-6-8-14(19)9-7-13/h2-10H,11H2,1H3,(H2,20,21,22,23). The normalized spacial score (nSPS) is 10.4.